The number of aromatic nitrogens is 2. The highest BCUT2D eigenvalue weighted by atomic mass is 35.5. The molecule has 2 aromatic carbocycles. The van der Waals surface area contributed by atoms with E-state index in [9.17, 15) is 9.59 Å². The van der Waals surface area contributed by atoms with Crippen LogP contribution in [0, 0.1) is 5.41 Å². The SMILES string of the molecule is COC(=O)C(NC(=O)c1nn(Cc2ccc(Cl)cc2Cl)c2ccccc12)C(C)(C)C. The summed E-state index contributed by atoms with van der Waals surface area (Å²) in [6, 6.07) is 11.8. The molecule has 1 aromatic heterocycles. The number of amides is 1. The van der Waals surface area contributed by atoms with Gasteiger partial charge < -0.3 is 10.1 Å². The van der Waals surface area contributed by atoms with E-state index in [4.69, 9.17) is 27.9 Å². The summed E-state index contributed by atoms with van der Waals surface area (Å²) in [6.45, 7) is 5.93. The summed E-state index contributed by atoms with van der Waals surface area (Å²) in [5.74, 6) is -0.954. The zero-order valence-corrected chi connectivity index (χ0v) is 18.7. The second-order valence-corrected chi connectivity index (χ2v) is 8.90. The smallest absolute Gasteiger partial charge is 0.328 e. The Kier molecular flexibility index (Phi) is 6.38. The van der Waals surface area contributed by atoms with Gasteiger partial charge in [0.05, 0.1) is 19.2 Å². The summed E-state index contributed by atoms with van der Waals surface area (Å²) in [5.41, 5.74) is 1.30. The van der Waals surface area contributed by atoms with Crippen LogP contribution in [0.5, 0.6) is 0 Å². The average molecular weight is 448 g/mol. The van der Waals surface area contributed by atoms with Crippen LogP contribution in [0.25, 0.3) is 10.9 Å². The van der Waals surface area contributed by atoms with Gasteiger partial charge in [-0.15, -0.1) is 0 Å². The summed E-state index contributed by atoms with van der Waals surface area (Å²) in [6.07, 6.45) is 0. The van der Waals surface area contributed by atoms with Gasteiger partial charge in [0.2, 0.25) is 0 Å². The van der Waals surface area contributed by atoms with E-state index in [2.05, 4.69) is 10.4 Å². The normalized spacial score (nSPS) is 12.6. The zero-order valence-electron chi connectivity index (χ0n) is 17.2. The van der Waals surface area contributed by atoms with Crippen molar-refractivity contribution in [3.63, 3.8) is 0 Å². The molecule has 30 heavy (non-hydrogen) atoms. The quantitative estimate of drug-likeness (QED) is 0.574. The summed E-state index contributed by atoms with van der Waals surface area (Å²) in [4.78, 5) is 25.3. The molecule has 0 fully saturated rings. The van der Waals surface area contributed by atoms with E-state index >= 15 is 0 Å². The van der Waals surface area contributed by atoms with Crippen LogP contribution in [-0.4, -0.2) is 34.8 Å². The number of nitrogens with zero attached hydrogens (tertiary/aromatic N) is 2. The van der Waals surface area contributed by atoms with Crippen molar-refractivity contribution in [1.29, 1.82) is 0 Å². The Morgan fingerprint density at radius 2 is 1.87 bits per heavy atom. The van der Waals surface area contributed by atoms with Crippen LogP contribution in [0.1, 0.15) is 36.8 Å². The summed E-state index contributed by atoms with van der Waals surface area (Å²) in [7, 11) is 1.30. The number of hydrogen-bond acceptors (Lipinski definition) is 4. The molecule has 1 N–H and O–H groups in total. The van der Waals surface area contributed by atoms with E-state index in [0.717, 1.165) is 11.1 Å². The van der Waals surface area contributed by atoms with Gasteiger partial charge in [0.15, 0.2) is 5.69 Å². The first kappa shape index (κ1) is 22.1. The van der Waals surface area contributed by atoms with Gasteiger partial charge in [-0.2, -0.15) is 5.10 Å². The molecule has 1 atom stereocenters. The molecule has 0 spiro atoms. The Labute approximate surface area is 185 Å². The maximum absolute atomic E-state index is 13.1. The Hall–Kier alpha value is -2.57. The van der Waals surface area contributed by atoms with Crippen molar-refractivity contribution in [3.05, 3.63) is 63.8 Å². The van der Waals surface area contributed by atoms with Crippen LogP contribution < -0.4 is 5.32 Å². The van der Waals surface area contributed by atoms with Crippen LogP contribution in [0.3, 0.4) is 0 Å². The second-order valence-electron chi connectivity index (χ2n) is 8.05. The van der Waals surface area contributed by atoms with Crippen LogP contribution >= 0.6 is 23.2 Å². The number of methoxy groups -OCH3 is 1. The Morgan fingerprint density at radius 3 is 2.50 bits per heavy atom. The summed E-state index contributed by atoms with van der Waals surface area (Å²) >= 11 is 12.3. The van der Waals surface area contributed by atoms with Crippen LogP contribution in [0.4, 0.5) is 0 Å². The topological polar surface area (TPSA) is 73.2 Å². The van der Waals surface area contributed by atoms with Gasteiger partial charge in [0, 0.05) is 15.4 Å². The van der Waals surface area contributed by atoms with E-state index in [0.29, 0.717) is 22.0 Å². The molecule has 3 aromatic rings. The summed E-state index contributed by atoms with van der Waals surface area (Å²) < 4.78 is 6.58. The third kappa shape index (κ3) is 4.60. The Balaban J connectivity index is 1.99. The number of carbonyl (C=O) groups excluding carboxylic acids is 2. The average Bonchev–Trinajstić information content (AvgIpc) is 3.05. The molecule has 8 heteroatoms. The highest BCUT2D eigenvalue weighted by Crippen LogP contribution is 2.26. The molecule has 0 aliphatic rings. The molecular weight excluding hydrogens is 425 g/mol. The van der Waals surface area contributed by atoms with Crippen molar-refractivity contribution in [2.45, 2.75) is 33.4 Å². The lowest BCUT2D eigenvalue weighted by atomic mass is 9.86. The number of ether oxygens (including phenoxy) is 1. The van der Waals surface area contributed by atoms with E-state index in [-0.39, 0.29) is 5.69 Å². The maximum Gasteiger partial charge on any atom is 0.328 e. The molecule has 0 saturated heterocycles. The van der Waals surface area contributed by atoms with Gasteiger partial charge in [0.1, 0.15) is 6.04 Å². The predicted octanol–water partition coefficient (Wildman–Crippen LogP) is 4.71. The molecule has 0 aliphatic heterocycles. The van der Waals surface area contributed by atoms with Gasteiger partial charge in [-0.1, -0.05) is 68.2 Å². The van der Waals surface area contributed by atoms with E-state index in [1.807, 2.05) is 51.1 Å². The van der Waals surface area contributed by atoms with Gasteiger partial charge in [-0.25, -0.2) is 4.79 Å². The van der Waals surface area contributed by atoms with Crippen LogP contribution in [0.2, 0.25) is 10.0 Å². The number of rotatable bonds is 5. The number of fused-ring (bicyclic) bond motifs is 1. The number of halogens is 2. The molecule has 1 heterocycles. The fraction of sp³-hybridized carbons (Fsp3) is 0.318. The lowest BCUT2D eigenvalue weighted by molar-refractivity contribution is -0.145. The minimum absolute atomic E-state index is 0.230. The third-order valence-corrected chi connectivity index (χ3v) is 5.37. The highest BCUT2D eigenvalue weighted by molar-refractivity contribution is 6.35. The minimum Gasteiger partial charge on any atom is -0.467 e. The van der Waals surface area contributed by atoms with Crippen molar-refractivity contribution in [1.82, 2.24) is 15.1 Å². The van der Waals surface area contributed by atoms with E-state index in [1.165, 1.54) is 7.11 Å². The highest BCUT2D eigenvalue weighted by Gasteiger charge is 2.34. The van der Waals surface area contributed by atoms with Gasteiger partial charge in [0.25, 0.3) is 5.91 Å². The fourth-order valence-electron chi connectivity index (χ4n) is 3.17. The van der Waals surface area contributed by atoms with Gasteiger partial charge in [-0.3, -0.25) is 9.48 Å². The number of carbonyl (C=O) groups is 2. The molecule has 3 rings (SSSR count). The number of hydrogen-bond donors (Lipinski definition) is 1. The molecule has 0 saturated carbocycles. The fourth-order valence-corrected chi connectivity index (χ4v) is 3.64. The summed E-state index contributed by atoms with van der Waals surface area (Å²) in [5, 5.41) is 9.05. The number of benzene rings is 2. The number of para-hydroxylation sites is 1. The van der Waals surface area contributed by atoms with Crippen molar-refractivity contribution >= 4 is 46.0 Å². The van der Waals surface area contributed by atoms with Crippen molar-refractivity contribution in [2.75, 3.05) is 7.11 Å². The van der Waals surface area contributed by atoms with Crippen LogP contribution in [0.15, 0.2) is 42.5 Å². The van der Waals surface area contributed by atoms with Crippen LogP contribution in [-0.2, 0) is 16.1 Å². The van der Waals surface area contributed by atoms with E-state index < -0.39 is 23.3 Å². The molecule has 0 bridgehead atoms. The zero-order chi connectivity index (χ0) is 22.1. The maximum atomic E-state index is 13.1. The molecule has 0 aliphatic carbocycles. The van der Waals surface area contributed by atoms with Gasteiger partial charge in [-0.05, 0) is 29.2 Å². The molecular formula is C22H23Cl2N3O3. The van der Waals surface area contributed by atoms with Crippen molar-refractivity contribution in [2.24, 2.45) is 5.41 Å². The number of esters is 1. The second kappa shape index (κ2) is 8.66. The third-order valence-electron chi connectivity index (χ3n) is 4.79. The molecule has 1 unspecified atom stereocenters. The first-order chi connectivity index (χ1) is 14.1. The molecule has 1 amide bonds. The monoisotopic (exact) mass is 447 g/mol. The largest absolute Gasteiger partial charge is 0.467 e. The lowest BCUT2D eigenvalue weighted by Gasteiger charge is -2.28. The Morgan fingerprint density at radius 1 is 1.17 bits per heavy atom. The Bertz CT molecular complexity index is 1100. The molecule has 158 valence electrons. The van der Waals surface area contributed by atoms with E-state index in [1.54, 1.807) is 16.8 Å². The standard InChI is InChI=1S/C22H23Cl2N3O3/c1-22(2,3)19(21(29)30-4)25-20(28)18-15-7-5-6-8-17(15)27(26-18)12-13-9-10-14(23)11-16(13)24/h5-11,19H,12H2,1-4H3,(H,25,28). The van der Waals surface area contributed by atoms with Gasteiger partial charge >= 0.3 is 5.97 Å². The van der Waals surface area contributed by atoms with Crippen molar-refractivity contribution in [3.8, 4) is 0 Å². The molecule has 6 nitrogen and oxygen atoms in total. The molecule has 0 radical (unpaired) electrons. The first-order valence-corrected chi connectivity index (χ1v) is 10.2. The first-order valence-electron chi connectivity index (χ1n) is 9.40. The number of nitrogens with one attached hydrogen (secondary N) is 1. The predicted molar refractivity (Wildman–Crippen MR) is 118 cm³/mol. The minimum atomic E-state index is -0.815. The van der Waals surface area contributed by atoms with Crippen molar-refractivity contribution < 1.29 is 14.3 Å². The lowest BCUT2D eigenvalue weighted by Crippen LogP contribution is -2.49.